The fourth-order valence-electron chi connectivity index (χ4n) is 4.95. The molecule has 0 radical (unpaired) electrons. The molecule has 2 aromatic rings. The first kappa shape index (κ1) is 27.3. The van der Waals surface area contributed by atoms with Crippen LogP contribution in [0.1, 0.15) is 78.4 Å². The van der Waals surface area contributed by atoms with Crippen molar-refractivity contribution in [1.82, 2.24) is 10.3 Å². The second kappa shape index (κ2) is 12.0. The highest BCUT2D eigenvalue weighted by Crippen LogP contribution is 2.41. The van der Waals surface area contributed by atoms with Crippen molar-refractivity contribution in [2.45, 2.75) is 73.3 Å². The number of anilines is 1. The van der Waals surface area contributed by atoms with Crippen LogP contribution in [-0.4, -0.2) is 18.1 Å². The summed E-state index contributed by atoms with van der Waals surface area (Å²) < 4.78 is 0. The third kappa shape index (κ3) is 5.75. The standard InChI is InChI=1S/C28H39N3.C3H6/c1-10-22(13-11-12-17(2)3)23-14-15-25-26-24(16-29-27(23)26)19(6)20(7)30-21(8)28(18(4)5)31(25)9;1-3-2/h10,12,14-16,18,22,28-30H,1,8,11,13H2,2-7,9H3;3H,1H2,2H3/b20-19-;. The van der Waals surface area contributed by atoms with Crippen molar-refractivity contribution >= 4 is 22.2 Å². The van der Waals surface area contributed by atoms with Crippen molar-refractivity contribution in [3.05, 3.63) is 84.4 Å². The third-order valence-corrected chi connectivity index (χ3v) is 6.66. The highest BCUT2D eigenvalue weighted by atomic mass is 15.2. The van der Waals surface area contributed by atoms with Crippen LogP contribution in [0.5, 0.6) is 0 Å². The summed E-state index contributed by atoms with van der Waals surface area (Å²) in [4.78, 5) is 6.02. The Morgan fingerprint density at radius 1 is 1.18 bits per heavy atom. The van der Waals surface area contributed by atoms with Gasteiger partial charge in [-0.2, -0.15) is 0 Å². The Labute approximate surface area is 208 Å². The number of aromatic amines is 1. The molecule has 0 fully saturated rings. The number of hydrogen-bond acceptors (Lipinski definition) is 2. The zero-order valence-electron chi connectivity index (χ0n) is 22.7. The normalized spacial score (nSPS) is 18.8. The van der Waals surface area contributed by atoms with Crippen LogP contribution >= 0.6 is 0 Å². The topological polar surface area (TPSA) is 31.1 Å². The Morgan fingerprint density at radius 2 is 1.82 bits per heavy atom. The van der Waals surface area contributed by atoms with E-state index in [0.29, 0.717) is 11.8 Å². The number of allylic oxidation sites excluding steroid dienone is 6. The Balaban J connectivity index is 0.00000129. The van der Waals surface area contributed by atoms with Gasteiger partial charge < -0.3 is 15.2 Å². The van der Waals surface area contributed by atoms with Crippen LogP contribution in [0, 0.1) is 5.92 Å². The maximum Gasteiger partial charge on any atom is 0.0705 e. The molecule has 1 aliphatic heterocycles. The summed E-state index contributed by atoms with van der Waals surface area (Å²) in [6, 6.07) is 4.79. The first-order chi connectivity index (χ1) is 16.1. The molecule has 1 aromatic heterocycles. The maximum absolute atomic E-state index is 4.40. The predicted molar refractivity (Wildman–Crippen MR) is 153 cm³/mol. The number of nitrogens with one attached hydrogen (secondary N) is 2. The monoisotopic (exact) mass is 459 g/mol. The molecule has 0 bridgehead atoms. The van der Waals surface area contributed by atoms with E-state index < -0.39 is 0 Å². The molecule has 2 unspecified atom stereocenters. The third-order valence-electron chi connectivity index (χ3n) is 6.66. The van der Waals surface area contributed by atoms with Gasteiger partial charge in [-0.05, 0) is 70.6 Å². The molecule has 3 rings (SSSR count). The van der Waals surface area contributed by atoms with E-state index in [1.54, 1.807) is 6.08 Å². The van der Waals surface area contributed by atoms with Crippen molar-refractivity contribution < 1.29 is 0 Å². The number of rotatable bonds is 6. The largest absolute Gasteiger partial charge is 0.365 e. The zero-order valence-corrected chi connectivity index (χ0v) is 22.7. The van der Waals surface area contributed by atoms with Gasteiger partial charge in [0.1, 0.15) is 0 Å². The molecular formula is C31H45N3. The van der Waals surface area contributed by atoms with Gasteiger partial charge in [-0.3, -0.25) is 0 Å². The van der Waals surface area contributed by atoms with Gasteiger partial charge in [-0.15, -0.1) is 13.2 Å². The molecule has 0 amide bonds. The lowest BCUT2D eigenvalue weighted by atomic mass is 9.90. The summed E-state index contributed by atoms with van der Waals surface area (Å²) in [6.45, 7) is 27.0. The van der Waals surface area contributed by atoms with Crippen LogP contribution in [0.3, 0.4) is 0 Å². The molecular weight excluding hydrogens is 414 g/mol. The lowest BCUT2D eigenvalue weighted by Crippen LogP contribution is -2.41. The van der Waals surface area contributed by atoms with E-state index in [4.69, 9.17) is 0 Å². The van der Waals surface area contributed by atoms with E-state index in [2.05, 4.69) is 114 Å². The molecule has 0 saturated carbocycles. The van der Waals surface area contributed by atoms with Gasteiger partial charge in [0.25, 0.3) is 0 Å². The Hall–Kier alpha value is -2.94. The number of aromatic nitrogens is 1. The summed E-state index contributed by atoms with van der Waals surface area (Å²) in [5.41, 5.74) is 9.89. The molecule has 2 atom stereocenters. The lowest BCUT2D eigenvalue weighted by molar-refractivity contribution is 0.509. The number of likely N-dealkylation sites (N-methyl/N-ethyl adjacent to an activating group) is 1. The van der Waals surface area contributed by atoms with Crippen LogP contribution in [0.2, 0.25) is 0 Å². The highest BCUT2D eigenvalue weighted by Gasteiger charge is 2.28. The van der Waals surface area contributed by atoms with E-state index in [9.17, 15) is 0 Å². The fourth-order valence-corrected chi connectivity index (χ4v) is 4.95. The number of benzene rings is 1. The molecule has 0 saturated heterocycles. The van der Waals surface area contributed by atoms with Crippen LogP contribution in [0.25, 0.3) is 16.5 Å². The van der Waals surface area contributed by atoms with Crippen molar-refractivity contribution in [3.8, 4) is 0 Å². The van der Waals surface area contributed by atoms with Gasteiger partial charge in [0, 0.05) is 47.2 Å². The highest BCUT2D eigenvalue weighted by molar-refractivity contribution is 6.03. The molecule has 2 N–H and O–H groups in total. The minimum atomic E-state index is 0.200. The van der Waals surface area contributed by atoms with Crippen molar-refractivity contribution in [1.29, 1.82) is 0 Å². The average molecular weight is 460 g/mol. The fraction of sp³-hybridized carbons (Fsp3) is 0.419. The first-order valence-corrected chi connectivity index (χ1v) is 12.4. The van der Waals surface area contributed by atoms with E-state index in [1.807, 2.05) is 6.92 Å². The first-order valence-electron chi connectivity index (χ1n) is 12.4. The molecule has 34 heavy (non-hydrogen) atoms. The number of nitrogens with zero attached hydrogens (tertiary/aromatic N) is 1. The summed E-state index contributed by atoms with van der Waals surface area (Å²) >= 11 is 0. The second-order valence-corrected chi connectivity index (χ2v) is 9.94. The van der Waals surface area contributed by atoms with E-state index >= 15 is 0 Å². The Morgan fingerprint density at radius 3 is 2.38 bits per heavy atom. The predicted octanol–water partition coefficient (Wildman–Crippen LogP) is 8.70. The molecule has 2 heterocycles. The van der Waals surface area contributed by atoms with Crippen molar-refractivity contribution in [2.24, 2.45) is 5.92 Å². The quantitative estimate of drug-likeness (QED) is 0.423. The van der Waals surface area contributed by atoms with Gasteiger partial charge >= 0.3 is 0 Å². The van der Waals surface area contributed by atoms with Gasteiger partial charge in [-0.25, -0.2) is 0 Å². The second-order valence-electron chi connectivity index (χ2n) is 9.94. The van der Waals surface area contributed by atoms with Crippen molar-refractivity contribution in [3.63, 3.8) is 0 Å². The van der Waals surface area contributed by atoms with Gasteiger partial charge in [-0.1, -0.05) is 50.3 Å². The van der Waals surface area contributed by atoms with Crippen LogP contribution in [0.4, 0.5) is 5.69 Å². The average Bonchev–Trinajstić information content (AvgIpc) is 3.21. The summed E-state index contributed by atoms with van der Waals surface area (Å²) in [6.07, 6.45) is 10.5. The molecule has 1 aromatic carbocycles. The van der Waals surface area contributed by atoms with Crippen molar-refractivity contribution in [2.75, 3.05) is 11.9 Å². The van der Waals surface area contributed by atoms with E-state index in [0.717, 1.165) is 24.2 Å². The summed E-state index contributed by atoms with van der Waals surface area (Å²) in [5, 5.41) is 4.89. The Bertz CT molecular complexity index is 1090. The summed E-state index contributed by atoms with van der Waals surface area (Å²) in [5.74, 6) is 0.742. The molecule has 3 heteroatoms. The van der Waals surface area contributed by atoms with E-state index in [-0.39, 0.29) is 6.04 Å². The molecule has 3 nitrogen and oxygen atoms in total. The summed E-state index contributed by atoms with van der Waals surface area (Å²) in [7, 11) is 2.19. The molecule has 1 aliphatic rings. The Kier molecular flexibility index (Phi) is 9.61. The molecule has 184 valence electrons. The number of H-pyrrole nitrogens is 1. The molecule has 0 aliphatic carbocycles. The SMILES string of the molecule is C=CC.C=CC(CCC=C(C)C)c1ccc2c3c(c[nH]c13)/C(C)=C(/C)NC(=C)C(C(C)C)N2C. The van der Waals surface area contributed by atoms with E-state index in [1.165, 1.54) is 38.9 Å². The minimum absolute atomic E-state index is 0.200. The lowest BCUT2D eigenvalue weighted by Gasteiger charge is -2.35. The van der Waals surface area contributed by atoms with Crippen LogP contribution in [0.15, 0.2) is 73.3 Å². The van der Waals surface area contributed by atoms with Gasteiger partial charge in [0.2, 0.25) is 0 Å². The number of hydrogen-bond donors (Lipinski definition) is 2. The molecule has 0 spiro atoms. The zero-order chi connectivity index (χ0) is 25.6. The van der Waals surface area contributed by atoms with Crippen LogP contribution in [-0.2, 0) is 0 Å². The maximum atomic E-state index is 4.40. The van der Waals surface area contributed by atoms with Gasteiger partial charge in [0.15, 0.2) is 0 Å². The van der Waals surface area contributed by atoms with Gasteiger partial charge in [0.05, 0.1) is 11.6 Å². The smallest absolute Gasteiger partial charge is 0.0705 e. The minimum Gasteiger partial charge on any atom is -0.365 e. The van der Waals surface area contributed by atoms with Crippen LogP contribution < -0.4 is 10.2 Å².